The topological polar surface area (TPSA) is 20.2 Å². The van der Waals surface area contributed by atoms with Gasteiger partial charge in [0.15, 0.2) is 0 Å². The lowest BCUT2D eigenvalue weighted by atomic mass is 9.93. The van der Waals surface area contributed by atoms with Gasteiger partial charge in [-0.15, -0.1) is 0 Å². The van der Waals surface area contributed by atoms with Crippen LogP contribution in [0.1, 0.15) is 39.5 Å². The summed E-state index contributed by atoms with van der Waals surface area (Å²) in [5.41, 5.74) is 0. The Balaban J connectivity index is 2.37. The lowest BCUT2D eigenvalue weighted by Crippen LogP contribution is -2.29. The Hall–Kier alpha value is 0.310. The molecule has 1 saturated heterocycles. The summed E-state index contributed by atoms with van der Waals surface area (Å²) >= 11 is 1.96. The minimum absolute atomic E-state index is 0.0486. The van der Waals surface area contributed by atoms with Gasteiger partial charge in [0.2, 0.25) is 0 Å². The van der Waals surface area contributed by atoms with Crippen LogP contribution < -0.4 is 0 Å². The summed E-state index contributed by atoms with van der Waals surface area (Å²) in [6.45, 7) is 4.36. The Bertz CT molecular complexity index is 115. The normalized spacial score (nSPS) is 26.5. The Morgan fingerprint density at radius 2 is 2.08 bits per heavy atom. The molecule has 72 valence electrons. The molecule has 1 heterocycles. The van der Waals surface area contributed by atoms with Crippen LogP contribution in [0, 0.1) is 5.92 Å². The molecule has 0 radical (unpaired) electrons. The highest BCUT2D eigenvalue weighted by molar-refractivity contribution is 8.00. The Labute approximate surface area is 79.9 Å². The molecule has 1 aliphatic rings. The van der Waals surface area contributed by atoms with E-state index in [0.29, 0.717) is 11.2 Å². The predicted molar refractivity (Wildman–Crippen MR) is 55.6 cm³/mol. The van der Waals surface area contributed by atoms with Crippen molar-refractivity contribution < 1.29 is 5.11 Å². The molecule has 1 nitrogen and oxygen atoms in total. The molecule has 0 aromatic carbocycles. The van der Waals surface area contributed by atoms with Crippen molar-refractivity contribution in [1.29, 1.82) is 0 Å². The van der Waals surface area contributed by atoms with Gasteiger partial charge >= 0.3 is 0 Å². The van der Waals surface area contributed by atoms with Crippen molar-refractivity contribution in [3.05, 3.63) is 0 Å². The molecule has 1 fully saturated rings. The third-order valence-electron chi connectivity index (χ3n) is 2.88. The van der Waals surface area contributed by atoms with Crippen molar-refractivity contribution in [2.45, 2.75) is 50.9 Å². The number of hydrogen-bond acceptors (Lipinski definition) is 2. The maximum absolute atomic E-state index is 9.99. The highest BCUT2D eigenvalue weighted by Crippen LogP contribution is 2.33. The highest BCUT2D eigenvalue weighted by atomic mass is 32.2. The third-order valence-corrected chi connectivity index (χ3v) is 4.34. The molecule has 0 spiro atoms. The average molecular weight is 188 g/mol. The summed E-state index contributed by atoms with van der Waals surface area (Å²) in [4.78, 5) is 0. The third kappa shape index (κ3) is 2.40. The first kappa shape index (κ1) is 10.4. The van der Waals surface area contributed by atoms with Gasteiger partial charge in [0.05, 0.1) is 6.10 Å². The highest BCUT2D eigenvalue weighted by Gasteiger charge is 2.28. The van der Waals surface area contributed by atoms with Crippen LogP contribution in [0.4, 0.5) is 0 Å². The van der Waals surface area contributed by atoms with Gasteiger partial charge in [0.25, 0.3) is 0 Å². The first-order valence-corrected chi connectivity index (χ1v) is 6.14. The standard InChI is InChI=1S/C10H20OS/c1-3-8(4-2)10(11)9-6-5-7-12-9/h8-11H,3-7H2,1-2H3. The van der Waals surface area contributed by atoms with E-state index in [1.165, 1.54) is 18.6 Å². The molecule has 0 saturated carbocycles. The molecule has 0 amide bonds. The maximum Gasteiger partial charge on any atom is 0.0686 e. The van der Waals surface area contributed by atoms with E-state index in [2.05, 4.69) is 13.8 Å². The number of hydrogen-bond donors (Lipinski definition) is 1. The fourth-order valence-electron chi connectivity index (χ4n) is 1.95. The predicted octanol–water partition coefficient (Wildman–Crippen LogP) is 2.68. The van der Waals surface area contributed by atoms with Crippen molar-refractivity contribution in [2.75, 3.05) is 5.75 Å². The van der Waals surface area contributed by atoms with E-state index in [-0.39, 0.29) is 6.10 Å². The van der Waals surface area contributed by atoms with E-state index in [1.807, 2.05) is 11.8 Å². The van der Waals surface area contributed by atoms with Gasteiger partial charge in [-0.1, -0.05) is 26.7 Å². The monoisotopic (exact) mass is 188 g/mol. The molecule has 0 aromatic rings. The van der Waals surface area contributed by atoms with Crippen LogP contribution in [-0.2, 0) is 0 Å². The summed E-state index contributed by atoms with van der Waals surface area (Å²) in [5.74, 6) is 1.78. The minimum atomic E-state index is -0.0486. The molecule has 0 bridgehead atoms. The Morgan fingerprint density at radius 1 is 1.42 bits per heavy atom. The second kappa shape index (κ2) is 5.13. The van der Waals surface area contributed by atoms with Crippen molar-refractivity contribution in [3.8, 4) is 0 Å². The fourth-order valence-corrected chi connectivity index (χ4v) is 3.34. The van der Waals surface area contributed by atoms with E-state index < -0.39 is 0 Å². The fraction of sp³-hybridized carbons (Fsp3) is 1.00. The number of aliphatic hydroxyl groups excluding tert-OH is 1. The zero-order valence-corrected chi connectivity index (χ0v) is 8.94. The van der Waals surface area contributed by atoms with Crippen LogP contribution in [0.25, 0.3) is 0 Å². The molecule has 2 unspecified atom stereocenters. The molecule has 12 heavy (non-hydrogen) atoms. The summed E-state index contributed by atoms with van der Waals surface area (Å²) in [6, 6.07) is 0. The minimum Gasteiger partial charge on any atom is -0.392 e. The summed E-state index contributed by atoms with van der Waals surface area (Å²) in [6.07, 6.45) is 4.71. The largest absolute Gasteiger partial charge is 0.392 e. The van der Waals surface area contributed by atoms with Crippen LogP contribution in [0.5, 0.6) is 0 Å². The van der Waals surface area contributed by atoms with Gasteiger partial charge in [-0.25, -0.2) is 0 Å². The molecule has 1 N–H and O–H groups in total. The quantitative estimate of drug-likeness (QED) is 0.732. The molecular weight excluding hydrogens is 168 g/mol. The molecule has 2 heteroatoms. The SMILES string of the molecule is CCC(CC)C(O)C1CCCS1. The smallest absolute Gasteiger partial charge is 0.0686 e. The van der Waals surface area contributed by atoms with Crippen LogP contribution in [0.15, 0.2) is 0 Å². The van der Waals surface area contributed by atoms with Crippen LogP contribution in [0.2, 0.25) is 0 Å². The van der Waals surface area contributed by atoms with Crippen LogP contribution in [-0.4, -0.2) is 22.2 Å². The van der Waals surface area contributed by atoms with Gasteiger partial charge in [0.1, 0.15) is 0 Å². The lowest BCUT2D eigenvalue weighted by molar-refractivity contribution is 0.0993. The summed E-state index contributed by atoms with van der Waals surface area (Å²) in [7, 11) is 0. The van der Waals surface area contributed by atoms with E-state index in [9.17, 15) is 5.11 Å². The Kier molecular flexibility index (Phi) is 4.44. The zero-order valence-electron chi connectivity index (χ0n) is 8.12. The second-order valence-corrected chi connectivity index (χ2v) is 4.97. The maximum atomic E-state index is 9.99. The second-order valence-electron chi connectivity index (χ2n) is 3.62. The van der Waals surface area contributed by atoms with Crippen molar-refractivity contribution in [3.63, 3.8) is 0 Å². The van der Waals surface area contributed by atoms with E-state index in [1.54, 1.807) is 0 Å². The molecular formula is C10H20OS. The number of rotatable bonds is 4. The average Bonchev–Trinajstić information content (AvgIpc) is 2.58. The van der Waals surface area contributed by atoms with Gasteiger partial charge in [-0.05, 0) is 24.5 Å². The zero-order chi connectivity index (χ0) is 8.97. The van der Waals surface area contributed by atoms with Crippen molar-refractivity contribution in [2.24, 2.45) is 5.92 Å². The van der Waals surface area contributed by atoms with Crippen molar-refractivity contribution >= 4 is 11.8 Å². The first-order chi connectivity index (χ1) is 5.79. The lowest BCUT2D eigenvalue weighted by Gasteiger charge is -2.24. The van der Waals surface area contributed by atoms with Crippen molar-refractivity contribution in [1.82, 2.24) is 0 Å². The molecule has 0 aliphatic carbocycles. The van der Waals surface area contributed by atoms with Gasteiger partial charge in [0, 0.05) is 5.25 Å². The van der Waals surface area contributed by atoms with Gasteiger partial charge < -0.3 is 5.11 Å². The van der Waals surface area contributed by atoms with E-state index in [0.717, 1.165) is 12.8 Å². The van der Waals surface area contributed by atoms with Gasteiger partial charge in [-0.2, -0.15) is 11.8 Å². The number of aliphatic hydroxyl groups is 1. The van der Waals surface area contributed by atoms with Crippen LogP contribution in [0.3, 0.4) is 0 Å². The van der Waals surface area contributed by atoms with E-state index in [4.69, 9.17) is 0 Å². The number of thioether (sulfide) groups is 1. The van der Waals surface area contributed by atoms with Gasteiger partial charge in [-0.3, -0.25) is 0 Å². The molecule has 1 aliphatic heterocycles. The first-order valence-electron chi connectivity index (χ1n) is 5.09. The molecule has 2 atom stereocenters. The van der Waals surface area contributed by atoms with Crippen LogP contribution >= 0.6 is 11.8 Å². The Morgan fingerprint density at radius 3 is 2.50 bits per heavy atom. The summed E-state index contributed by atoms with van der Waals surface area (Å²) < 4.78 is 0. The van der Waals surface area contributed by atoms with E-state index >= 15 is 0 Å². The molecule has 0 aromatic heterocycles. The molecule has 1 rings (SSSR count). The summed E-state index contributed by atoms with van der Waals surface area (Å²) in [5, 5.41) is 10.5.